The Morgan fingerprint density at radius 1 is 1.15 bits per heavy atom. The van der Waals surface area contributed by atoms with E-state index in [0.29, 0.717) is 16.3 Å². The molecular formula is C15H11ClF2O2. The first-order valence-corrected chi connectivity index (χ1v) is 6.52. The van der Waals surface area contributed by atoms with Gasteiger partial charge in [0.15, 0.2) is 11.6 Å². The van der Waals surface area contributed by atoms with Crippen LogP contribution < -0.4 is 4.74 Å². The first-order chi connectivity index (χ1) is 9.56. The van der Waals surface area contributed by atoms with Gasteiger partial charge in [0, 0.05) is 22.6 Å². The third kappa shape index (κ3) is 2.25. The Morgan fingerprint density at radius 3 is 2.75 bits per heavy atom. The van der Waals surface area contributed by atoms with Crippen molar-refractivity contribution in [2.24, 2.45) is 0 Å². The summed E-state index contributed by atoms with van der Waals surface area (Å²) in [6.07, 6.45) is -1.41. The van der Waals surface area contributed by atoms with Gasteiger partial charge in [-0.05, 0) is 24.3 Å². The van der Waals surface area contributed by atoms with Crippen molar-refractivity contribution in [2.75, 3.05) is 0 Å². The van der Waals surface area contributed by atoms with Gasteiger partial charge in [0.05, 0.1) is 6.10 Å². The summed E-state index contributed by atoms with van der Waals surface area (Å²) in [4.78, 5) is 0. The Kier molecular flexibility index (Phi) is 3.36. The van der Waals surface area contributed by atoms with Gasteiger partial charge in [-0.1, -0.05) is 23.7 Å². The molecule has 0 radical (unpaired) electrons. The Labute approximate surface area is 119 Å². The van der Waals surface area contributed by atoms with Crippen molar-refractivity contribution in [1.82, 2.24) is 0 Å². The maximum atomic E-state index is 13.8. The molecule has 20 heavy (non-hydrogen) atoms. The summed E-state index contributed by atoms with van der Waals surface area (Å²) in [5.74, 6) is -1.44. The first-order valence-electron chi connectivity index (χ1n) is 6.14. The lowest BCUT2D eigenvalue weighted by atomic mass is 9.94. The minimum absolute atomic E-state index is 0.102. The maximum absolute atomic E-state index is 13.8. The average Bonchev–Trinajstić information content (AvgIpc) is 2.42. The van der Waals surface area contributed by atoms with Crippen molar-refractivity contribution < 1.29 is 18.6 Å². The fourth-order valence-electron chi connectivity index (χ4n) is 2.38. The lowest BCUT2D eigenvalue weighted by molar-refractivity contribution is 0.0637. The van der Waals surface area contributed by atoms with Crippen LogP contribution in [0, 0.1) is 11.6 Å². The second-order valence-electron chi connectivity index (χ2n) is 4.68. The Balaban J connectivity index is 1.99. The van der Waals surface area contributed by atoms with E-state index in [9.17, 15) is 13.9 Å². The molecule has 1 aliphatic heterocycles. The van der Waals surface area contributed by atoms with E-state index in [4.69, 9.17) is 16.3 Å². The summed E-state index contributed by atoms with van der Waals surface area (Å²) in [7, 11) is 0. The zero-order valence-corrected chi connectivity index (χ0v) is 11.1. The third-order valence-corrected chi connectivity index (χ3v) is 3.60. The van der Waals surface area contributed by atoms with Crippen LogP contribution in [0.4, 0.5) is 8.78 Å². The van der Waals surface area contributed by atoms with Crippen LogP contribution in [0.1, 0.15) is 29.8 Å². The molecule has 0 amide bonds. The molecule has 3 rings (SSSR count). The maximum Gasteiger partial charge on any atom is 0.165 e. The predicted octanol–water partition coefficient (Wildman–Crippen LogP) is 4.18. The van der Waals surface area contributed by atoms with Gasteiger partial charge in [0.2, 0.25) is 0 Å². The van der Waals surface area contributed by atoms with Crippen LogP contribution in [0.3, 0.4) is 0 Å². The Morgan fingerprint density at radius 2 is 1.95 bits per heavy atom. The highest BCUT2D eigenvalue weighted by Gasteiger charge is 2.30. The quantitative estimate of drug-likeness (QED) is 0.855. The van der Waals surface area contributed by atoms with Gasteiger partial charge in [-0.25, -0.2) is 8.78 Å². The van der Waals surface area contributed by atoms with Gasteiger partial charge < -0.3 is 9.84 Å². The number of rotatable bonds is 1. The molecule has 1 unspecified atom stereocenters. The van der Waals surface area contributed by atoms with Gasteiger partial charge in [-0.15, -0.1) is 0 Å². The normalized spacial score (nSPS) is 21.2. The lowest BCUT2D eigenvalue weighted by Gasteiger charge is -2.30. The number of benzene rings is 2. The molecule has 2 aromatic carbocycles. The van der Waals surface area contributed by atoms with Crippen molar-refractivity contribution in [3.63, 3.8) is 0 Å². The van der Waals surface area contributed by atoms with Gasteiger partial charge >= 0.3 is 0 Å². The summed E-state index contributed by atoms with van der Waals surface area (Å²) in [5.41, 5.74) is 0.662. The minimum atomic E-state index is -0.942. The van der Waals surface area contributed by atoms with Crippen molar-refractivity contribution >= 4 is 11.6 Å². The van der Waals surface area contributed by atoms with Crippen LogP contribution in [-0.4, -0.2) is 5.11 Å². The molecular weight excluding hydrogens is 286 g/mol. The number of hydrogen-bond acceptors (Lipinski definition) is 2. The highest BCUT2D eigenvalue weighted by Crippen LogP contribution is 2.42. The molecule has 0 aliphatic carbocycles. The predicted molar refractivity (Wildman–Crippen MR) is 70.8 cm³/mol. The van der Waals surface area contributed by atoms with Crippen molar-refractivity contribution in [3.05, 3.63) is 64.2 Å². The summed E-state index contributed by atoms with van der Waals surface area (Å²) >= 11 is 5.87. The highest BCUT2D eigenvalue weighted by molar-refractivity contribution is 6.30. The Bertz CT molecular complexity index is 660. The lowest BCUT2D eigenvalue weighted by Crippen LogP contribution is -2.20. The zero-order chi connectivity index (χ0) is 14.3. The number of fused-ring (bicyclic) bond motifs is 1. The molecule has 0 saturated carbocycles. The molecule has 2 nitrogen and oxygen atoms in total. The Hall–Kier alpha value is -1.65. The number of halogens is 3. The molecule has 104 valence electrons. The van der Waals surface area contributed by atoms with Gasteiger partial charge in [-0.2, -0.15) is 0 Å². The summed E-state index contributed by atoms with van der Waals surface area (Å²) in [5, 5.41) is 10.6. The number of aliphatic hydroxyl groups excluding tert-OH is 1. The fourth-order valence-corrected chi connectivity index (χ4v) is 2.56. The molecule has 5 heteroatoms. The van der Waals surface area contributed by atoms with Crippen LogP contribution in [0.25, 0.3) is 0 Å². The van der Waals surface area contributed by atoms with Crippen LogP contribution >= 0.6 is 11.6 Å². The van der Waals surface area contributed by atoms with Crippen molar-refractivity contribution in [2.45, 2.75) is 18.6 Å². The molecule has 1 aliphatic rings. The SMILES string of the molecule is O[C@H]1CC(c2cccc(F)c2F)Oc2ccc(Cl)cc21. The standard InChI is InChI=1S/C15H11ClF2O2/c16-8-4-5-13-10(6-8)12(19)7-14(20-13)9-2-1-3-11(17)15(9)18/h1-6,12,14,19H,7H2/t12-,14?/m0/s1. The van der Waals surface area contributed by atoms with E-state index in [1.54, 1.807) is 18.2 Å². The van der Waals surface area contributed by atoms with E-state index in [-0.39, 0.29) is 12.0 Å². The summed E-state index contributed by atoms with van der Waals surface area (Å²) < 4.78 is 32.7. The van der Waals surface area contributed by atoms with Gasteiger partial charge in [-0.3, -0.25) is 0 Å². The van der Waals surface area contributed by atoms with Gasteiger partial charge in [0.1, 0.15) is 11.9 Å². The van der Waals surface area contributed by atoms with Crippen LogP contribution in [0.5, 0.6) is 5.75 Å². The van der Waals surface area contributed by atoms with Crippen LogP contribution in [0.15, 0.2) is 36.4 Å². The third-order valence-electron chi connectivity index (χ3n) is 3.37. The number of ether oxygens (including phenoxy) is 1. The molecule has 1 N–H and O–H groups in total. The summed E-state index contributed by atoms with van der Waals surface area (Å²) in [6.45, 7) is 0. The molecule has 0 fully saturated rings. The monoisotopic (exact) mass is 296 g/mol. The van der Waals surface area contributed by atoms with E-state index in [2.05, 4.69) is 0 Å². The van der Waals surface area contributed by atoms with Crippen molar-refractivity contribution in [3.8, 4) is 5.75 Å². The van der Waals surface area contributed by atoms with E-state index >= 15 is 0 Å². The topological polar surface area (TPSA) is 29.5 Å². The first kappa shape index (κ1) is 13.3. The van der Waals surface area contributed by atoms with Crippen LogP contribution in [-0.2, 0) is 0 Å². The molecule has 0 aromatic heterocycles. The average molecular weight is 297 g/mol. The number of hydrogen-bond donors (Lipinski definition) is 1. The smallest absolute Gasteiger partial charge is 0.165 e. The van der Waals surface area contributed by atoms with E-state index in [0.717, 1.165) is 6.07 Å². The minimum Gasteiger partial charge on any atom is -0.485 e. The molecule has 2 atom stereocenters. The largest absolute Gasteiger partial charge is 0.485 e. The second-order valence-corrected chi connectivity index (χ2v) is 5.12. The summed E-state index contributed by atoms with van der Waals surface area (Å²) in [6, 6.07) is 8.77. The molecule has 0 saturated heterocycles. The van der Waals surface area contributed by atoms with Gasteiger partial charge in [0.25, 0.3) is 0 Å². The molecule has 0 bridgehead atoms. The van der Waals surface area contributed by atoms with E-state index in [1.165, 1.54) is 12.1 Å². The van der Waals surface area contributed by atoms with Crippen molar-refractivity contribution in [1.29, 1.82) is 0 Å². The highest BCUT2D eigenvalue weighted by atomic mass is 35.5. The van der Waals surface area contributed by atoms with E-state index in [1.807, 2.05) is 0 Å². The second kappa shape index (κ2) is 5.04. The zero-order valence-electron chi connectivity index (χ0n) is 10.3. The van der Waals surface area contributed by atoms with E-state index < -0.39 is 23.8 Å². The molecule has 2 aromatic rings. The molecule has 0 spiro atoms. The number of aliphatic hydroxyl groups is 1. The van der Waals surface area contributed by atoms with Crippen LogP contribution in [0.2, 0.25) is 5.02 Å². The molecule has 1 heterocycles. The fraction of sp³-hybridized carbons (Fsp3) is 0.200.